The summed E-state index contributed by atoms with van der Waals surface area (Å²) >= 11 is 1.76. The first-order valence-corrected chi connectivity index (χ1v) is 8.42. The average molecular weight is 290 g/mol. The Morgan fingerprint density at radius 2 is 2.05 bits per heavy atom. The maximum absolute atomic E-state index is 11.7. The average Bonchev–Trinajstić information content (AvgIpc) is 2.38. The summed E-state index contributed by atoms with van der Waals surface area (Å²) in [6.07, 6.45) is 4.21. The minimum Gasteiger partial charge on any atom is -0.392 e. The largest absolute Gasteiger partial charge is 0.392 e. The SMILES string of the molecule is CCCCSC[C@H](O)C[C@H](CCC(C)C)C(=O)NN. The van der Waals surface area contributed by atoms with Crippen molar-refractivity contribution < 1.29 is 9.90 Å². The standard InChI is InChI=1S/C14H30N2O2S/c1-4-5-8-19-10-13(17)9-12(14(18)16-15)7-6-11(2)3/h11-13,17H,4-10,15H2,1-3H3,(H,16,18)/t12-,13+/m0/s1. The topological polar surface area (TPSA) is 75.3 Å². The fourth-order valence-electron chi connectivity index (χ4n) is 1.87. The lowest BCUT2D eigenvalue weighted by Crippen LogP contribution is -2.37. The van der Waals surface area contributed by atoms with Gasteiger partial charge in [0.05, 0.1) is 6.10 Å². The van der Waals surface area contributed by atoms with Crippen molar-refractivity contribution in [3.63, 3.8) is 0 Å². The van der Waals surface area contributed by atoms with Crippen LogP contribution >= 0.6 is 11.8 Å². The number of aliphatic hydroxyl groups excluding tert-OH is 1. The molecular weight excluding hydrogens is 260 g/mol. The van der Waals surface area contributed by atoms with Crippen LogP contribution in [0.4, 0.5) is 0 Å². The molecule has 0 aromatic rings. The normalized spacial score (nSPS) is 14.4. The van der Waals surface area contributed by atoms with Crippen LogP contribution in [0.2, 0.25) is 0 Å². The fourth-order valence-corrected chi connectivity index (χ4v) is 2.94. The predicted octanol–water partition coefficient (Wildman–Crippen LogP) is 2.31. The van der Waals surface area contributed by atoms with E-state index in [9.17, 15) is 9.90 Å². The van der Waals surface area contributed by atoms with Gasteiger partial charge in [0, 0.05) is 11.7 Å². The molecule has 0 saturated heterocycles. The highest BCUT2D eigenvalue weighted by Crippen LogP contribution is 2.19. The predicted molar refractivity (Wildman–Crippen MR) is 82.7 cm³/mol. The van der Waals surface area contributed by atoms with E-state index in [2.05, 4.69) is 26.2 Å². The number of carbonyl (C=O) groups excluding carboxylic acids is 1. The summed E-state index contributed by atoms with van der Waals surface area (Å²) < 4.78 is 0. The van der Waals surface area contributed by atoms with E-state index in [-0.39, 0.29) is 11.8 Å². The van der Waals surface area contributed by atoms with Gasteiger partial charge in [-0.2, -0.15) is 11.8 Å². The smallest absolute Gasteiger partial charge is 0.237 e. The van der Waals surface area contributed by atoms with Crippen molar-refractivity contribution in [1.29, 1.82) is 0 Å². The Labute approximate surface area is 121 Å². The molecule has 5 heteroatoms. The molecule has 0 rings (SSSR count). The second kappa shape index (κ2) is 11.6. The Morgan fingerprint density at radius 3 is 2.58 bits per heavy atom. The first-order chi connectivity index (χ1) is 9.01. The molecule has 0 aliphatic carbocycles. The van der Waals surface area contributed by atoms with Crippen LogP contribution in [0.1, 0.15) is 52.9 Å². The number of thioether (sulfide) groups is 1. The third-order valence-electron chi connectivity index (χ3n) is 3.11. The van der Waals surface area contributed by atoms with Crippen molar-refractivity contribution in [3.8, 4) is 0 Å². The van der Waals surface area contributed by atoms with Gasteiger partial charge in [0.15, 0.2) is 0 Å². The Morgan fingerprint density at radius 1 is 1.37 bits per heavy atom. The van der Waals surface area contributed by atoms with Gasteiger partial charge >= 0.3 is 0 Å². The molecular formula is C14H30N2O2S. The summed E-state index contributed by atoms with van der Waals surface area (Å²) in [5.74, 6) is 7.22. The van der Waals surface area contributed by atoms with Crippen molar-refractivity contribution >= 4 is 17.7 Å². The van der Waals surface area contributed by atoms with Crippen LogP contribution in [-0.2, 0) is 4.79 Å². The van der Waals surface area contributed by atoms with E-state index in [1.807, 2.05) is 0 Å². The highest BCUT2D eigenvalue weighted by molar-refractivity contribution is 7.99. The molecule has 0 aliphatic rings. The molecule has 0 aromatic heterocycles. The second-order valence-corrected chi connectivity index (χ2v) is 6.64. The highest BCUT2D eigenvalue weighted by atomic mass is 32.2. The summed E-state index contributed by atoms with van der Waals surface area (Å²) in [5.41, 5.74) is 2.21. The van der Waals surface area contributed by atoms with E-state index >= 15 is 0 Å². The van der Waals surface area contributed by atoms with Crippen LogP contribution in [0.15, 0.2) is 0 Å². The lowest BCUT2D eigenvalue weighted by atomic mass is 9.92. The number of amides is 1. The van der Waals surface area contributed by atoms with Crippen LogP contribution in [0.5, 0.6) is 0 Å². The minimum absolute atomic E-state index is 0.154. The van der Waals surface area contributed by atoms with E-state index in [1.54, 1.807) is 11.8 Å². The van der Waals surface area contributed by atoms with Crippen LogP contribution in [0, 0.1) is 11.8 Å². The Kier molecular flexibility index (Phi) is 11.4. The molecule has 0 aromatic carbocycles. The summed E-state index contributed by atoms with van der Waals surface area (Å²) in [5, 5.41) is 9.99. The van der Waals surface area contributed by atoms with Gasteiger partial charge in [-0.15, -0.1) is 0 Å². The number of nitrogens with one attached hydrogen (secondary N) is 1. The zero-order chi connectivity index (χ0) is 14.7. The zero-order valence-electron chi connectivity index (χ0n) is 12.5. The van der Waals surface area contributed by atoms with Crippen LogP contribution in [0.25, 0.3) is 0 Å². The molecule has 4 N–H and O–H groups in total. The first-order valence-electron chi connectivity index (χ1n) is 7.27. The van der Waals surface area contributed by atoms with Crippen molar-refractivity contribution in [1.82, 2.24) is 5.43 Å². The quantitative estimate of drug-likeness (QED) is 0.236. The number of hydrogen-bond donors (Lipinski definition) is 3. The van der Waals surface area contributed by atoms with E-state index in [0.717, 1.165) is 18.6 Å². The molecule has 2 atom stereocenters. The molecule has 114 valence electrons. The van der Waals surface area contributed by atoms with Crippen molar-refractivity contribution in [2.24, 2.45) is 17.7 Å². The van der Waals surface area contributed by atoms with Gasteiger partial charge in [-0.05, 0) is 30.9 Å². The lowest BCUT2D eigenvalue weighted by molar-refractivity contribution is -0.126. The van der Waals surface area contributed by atoms with Crippen molar-refractivity contribution in [3.05, 3.63) is 0 Å². The number of hydrogen-bond acceptors (Lipinski definition) is 4. The van der Waals surface area contributed by atoms with Gasteiger partial charge in [-0.1, -0.05) is 33.6 Å². The Bertz CT molecular complexity index is 237. The molecule has 4 nitrogen and oxygen atoms in total. The summed E-state index contributed by atoms with van der Waals surface area (Å²) in [6, 6.07) is 0. The third kappa shape index (κ3) is 10.2. The monoisotopic (exact) mass is 290 g/mol. The molecule has 0 heterocycles. The Balaban J connectivity index is 4.04. The van der Waals surface area contributed by atoms with E-state index in [4.69, 9.17) is 5.84 Å². The van der Waals surface area contributed by atoms with Crippen LogP contribution in [-0.4, -0.2) is 28.6 Å². The van der Waals surface area contributed by atoms with E-state index in [0.29, 0.717) is 18.1 Å². The maximum Gasteiger partial charge on any atom is 0.237 e. The van der Waals surface area contributed by atoms with Crippen molar-refractivity contribution in [2.75, 3.05) is 11.5 Å². The molecule has 0 unspecified atom stereocenters. The molecule has 0 fully saturated rings. The minimum atomic E-state index is -0.420. The number of hydrazine groups is 1. The van der Waals surface area contributed by atoms with E-state index in [1.165, 1.54) is 12.8 Å². The zero-order valence-corrected chi connectivity index (χ0v) is 13.3. The second-order valence-electron chi connectivity index (χ2n) is 5.49. The first kappa shape index (κ1) is 18.7. The maximum atomic E-state index is 11.7. The molecule has 0 saturated carbocycles. The fraction of sp³-hybridized carbons (Fsp3) is 0.929. The van der Waals surface area contributed by atoms with Crippen LogP contribution in [0.3, 0.4) is 0 Å². The van der Waals surface area contributed by atoms with Gasteiger partial charge in [0.25, 0.3) is 0 Å². The molecule has 0 aliphatic heterocycles. The molecule has 0 spiro atoms. The van der Waals surface area contributed by atoms with Crippen LogP contribution < -0.4 is 11.3 Å². The lowest BCUT2D eigenvalue weighted by Gasteiger charge is -2.19. The van der Waals surface area contributed by atoms with Gasteiger partial charge in [-0.3, -0.25) is 10.2 Å². The summed E-state index contributed by atoms with van der Waals surface area (Å²) in [6.45, 7) is 6.42. The number of aliphatic hydroxyl groups is 1. The highest BCUT2D eigenvalue weighted by Gasteiger charge is 2.21. The van der Waals surface area contributed by atoms with E-state index < -0.39 is 6.10 Å². The summed E-state index contributed by atoms with van der Waals surface area (Å²) in [4.78, 5) is 11.7. The molecule has 19 heavy (non-hydrogen) atoms. The summed E-state index contributed by atoms with van der Waals surface area (Å²) in [7, 11) is 0. The van der Waals surface area contributed by atoms with Gasteiger partial charge in [-0.25, -0.2) is 5.84 Å². The van der Waals surface area contributed by atoms with Crippen molar-refractivity contribution in [2.45, 2.75) is 59.0 Å². The Hall–Kier alpha value is -0.260. The third-order valence-corrected chi connectivity index (χ3v) is 4.31. The molecule has 0 bridgehead atoms. The number of unbranched alkanes of at least 4 members (excludes halogenated alkanes) is 1. The number of nitrogens with two attached hydrogens (primary N) is 1. The van der Waals surface area contributed by atoms with Gasteiger partial charge < -0.3 is 5.11 Å². The van der Waals surface area contributed by atoms with Gasteiger partial charge in [0.2, 0.25) is 5.91 Å². The number of rotatable bonds is 11. The molecule has 0 radical (unpaired) electrons. The molecule has 1 amide bonds. The van der Waals surface area contributed by atoms with Gasteiger partial charge in [0.1, 0.15) is 0 Å². The number of carbonyl (C=O) groups is 1.